The molecule has 2 aromatic carbocycles. The molecular formula is C18H22N2O3. The van der Waals surface area contributed by atoms with Crippen LogP contribution >= 0.6 is 0 Å². The Labute approximate surface area is 136 Å². The summed E-state index contributed by atoms with van der Waals surface area (Å²) in [5.41, 5.74) is 1.88. The molecule has 0 aromatic heterocycles. The monoisotopic (exact) mass is 314 g/mol. The van der Waals surface area contributed by atoms with Crippen molar-refractivity contribution < 1.29 is 14.4 Å². The summed E-state index contributed by atoms with van der Waals surface area (Å²) in [7, 11) is 2.97. The molecule has 1 unspecified atom stereocenters. The first-order chi connectivity index (χ1) is 11.1. The van der Waals surface area contributed by atoms with Crippen LogP contribution in [0.4, 0.5) is 10.5 Å². The molecule has 2 amide bonds. The summed E-state index contributed by atoms with van der Waals surface area (Å²) in [5, 5.41) is 3.85. The van der Waals surface area contributed by atoms with Gasteiger partial charge in [0, 0.05) is 25.2 Å². The molecule has 5 heteroatoms. The van der Waals surface area contributed by atoms with Gasteiger partial charge in [0.25, 0.3) is 0 Å². The third kappa shape index (κ3) is 5.30. The molecule has 0 saturated heterocycles. The van der Waals surface area contributed by atoms with Crippen LogP contribution in [-0.4, -0.2) is 31.4 Å². The minimum Gasteiger partial charge on any atom is -0.490 e. The largest absolute Gasteiger partial charge is 0.490 e. The first-order valence-corrected chi connectivity index (χ1v) is 7.48. The molecular weight excluding hydrogens is 292 g/mol. The fourth-order valence-electron chi connectivity index (χ4n) is 2.15. The van der Waals surface area contributed by atoms with Gasteiger partial charge in [-0.05, 0) is 24.6 Å². The molecule has 0 radical (unpaired) electrons. The van der Waals surface area contributed by atoms with E-state index in [1.807, 2.05) is 37.3 Å². The molecule has 122 valence electrons. The number of hydrogen-bond acceptors (Lipinski definition) is 3. The van der Waals surface area contributed by atoms with E-state index in [-0.39, 0.29) is 12.1 Å². The van der Waals surface area contributed by atoms with E-state index in [0.717, 1.165) is 11.5 Å². The van der Waals surface area contributed by atoms with Crippen molar-refractivity contribution >= 4 is 11.7 Å². The first kappa shape index (κ1) is 16.8. The quantitative estimate of drug-likeness (QED) is 0.827. The summed E-state index contributed by atoms with van der Waals surface area (Å²) in [6.07, 6.45) is 0.856. The van der Waals surface area contributed by atoms with Crippen LogP contribution in [0.2, 0.25) is 0 Å². The lowest BCUT2D eigenvalue weighted by molar-refractivity contribution is -0.0598. The van der Waals surface area contributed by atoms with Gasteiger partial charge in [0.15, 0.2) is 0 Å². The number of amides is 2. The lowest BCUT2D eigenvalue weighted by Gasteiger charge is -2.17. The van der Waals surface area contributed by atoms with E-state index in [1.165, 1.54) is 19.7 Å². The van der Waals surface area contributed by atoms with Crippen LogP contribution in [0, 0.1) is 0 Å². The normalized spacial score (nSPS) is 11.6. The first-order valence-electron chi connectivity index (χ1n) is 7.48. The standard InChI is InChI=1S/C18H22N2O3/c1-14(12-15-8-5-4-6-9-15)23-17-11-7-10-16(13-17)19-18(21)20(2)22-3/h4-11,13-14H,12H2,1-3H3,(H,19,21). The summed E-state index contributed by atoms with van der Waals surface area (Å²) >= 11 is 0. The number of carbonyl (C=O) groups excluding carboxylic acids is 1. The highest BCUT2D eigenvalue weighted by atomic mass is 16.7. The summed E-state index contributed by atoms with van der Waals surface area (Å²) < 4.78 is 5.93. The zero-order valence-corrected chi connectivity index (χ0v) is 13.7. The minimum atomic E-state index is -0.345. The number of rotatable bonds is 6. The molecule has 1 atom stereocenters. The van der Waals surface area contributed by atoms with E-state index in [9.17, 15) is 4.79 Å². The summed E-state index contributed by atoms with van der Waals surface area (Å²) in [6.45, 7) is 2.02. The number of carbonyl (C=O) groups is 1. The second-order valence-electron chi connectivity index (χ2n) is 5.26. The molecule has 0 aliphatic carbocycles. The van der Waals surface area contributed by atoms with Crippen LogP contribution in [0.15, 0.2) is 54.6 Å². The maximum absolute atomic E-state index is 11.8. The third-order valence-electron chi connectivity index (χ3n) is 3.35. The van der Waals surface area contributed by atoms with Crippen LogP contribution in [0.1, 0.15) is 12.5 Å². The molecule has 2 rings (SSSR count). The zero-order valence-electron chi connectivity index (χ0n) is 13.7. The number of nitrogens with zero attached hydrogens (tertiary/aromatic N) is 1. The highest BCUT2D eigenvalue weighted by molar-refractivity contribution is 5.88. The maximum atomic E-state index is 11.8. The molecule has 0 aliphatic heterocycles. The molecule has 0 fully saturated rings. The Morgan fingerprint density at radius 1 is 1.17 bits per heavy atom. The van der Waals surface area contributed by atoms with E-state index in [2.05, 4.69) is 17.4 Å². The van der Waals surface area contributed by atoms with Gasteiger partial charge >= 0.3 is 6.03 Å². The number of benzene rings is 2. The predicted octanol–water partition coefficient (Wildman–Crippen LogP) is 3.72. The van der Waals surface area contributed by atoms with E-state index >= 15 is 0 Å². The molecule has 23 heavy (non-hydrogen) atoms. The van der Waals surface area contributed by atoms with Crippen molar-refractivity contribution in [2.75, 3.05) is 19.5 Å². The van der Waals surface area contributed by atoms with Crippen molar-refractivity contribution in [3.05, 3.63) is 60.2 Å². The SMILES string of the molecule is CON(C)C(=O)Nc1cccc(OC(C)Cc2ccccc2)c1. The Hall–Kier alpha value is -2.53. The molecule has 5 nitrogen and oxygen atoms in total. The van der Waals surface area contributed by atoms with Gasteiger partial charge in [0.05, 0.1) is 13.2 Å². The molecule has 0 bridgehead atoms. The summed E-state index contributed by atoms with van der Waals surface area (Å²) in [5.74, 6) is 0.714. The van der Waals surface area contributed by atoms with E-state index < -0.39 is 0 Å². The molecule has 0 saturated carbocycles. The highest BCUT2D eigenvalue weighted by Gasteiger charge is 2.09. The van der Waals surface area contributed by atoms with Crippen LogP contribution in [0.3, 0.4) is 0 Å². The van der Waals surface area contributed by atoms with Crippen molar-refractivity contribution in [3.63, 3.8) is 0 Å². The van der Waals surface area contributed by atoms with E-state index in [0.29, 0.717) is 11.4 Å². The van der Waals surface area contributed by atoms with Gasteiger partial charge < -0.3 is 10.1 Å². The van der Waals surface area contributed by atoms with Gasteiger partial charge in [0.1, 0.15) is 5.75 Å². The zero-order chi connectivity index (χ0) is 16.7. The minimum absolute atomic E-state index is 0.0324. The second kappa shape index (κ2) is 8.19. The fraction of sp³-hybridized carbons (Fsp3) is 0.278. The van der Waals surface area contributed by atoms with Gasteiger partial charge in [-0.1, -0.05) is 36.4 Å². The van der Waals surface area contributed by atoms with Crippen LogP contribution in [0.5, 0.6) is 5.75 Å². The Balaban J connectivity index is 1.95. The molecule has 2 aromatic rings. The number of ether oxygens (including phenoxy) is 1. The summed E-state index contributed by atoms with van der Waals surface area (Å²) in [6, 6.07) is 17.2. The smallest absolute Gasteiger partial charge is 0.345 e. The van der Waals surface area contributed by atoms with Gasteiger partial charge in [-0.3, -0.25) is 4.84 Å². The number of hydrogen-bond donors (Lipinski definition) is 1. The number of urea groups is 1. The maximum Gasteiger partial charge on any atom is 0.345 e. The molecule has 0 aliphatic rings. The predicted molar refractivity (Wildman–Crippen MR) is 90.5 cm³/mol. The lowest BCUT2D eigenvalue weighted by Crippen LogP contribution is -2.30. The average Bonchev–Trinajstić information content (AvgIpc) is 2.55. The average molecular weight is 314 g/mol. The Morgan fingerprint density at radius 3 is 2.61 bits per heavy atom. The van der Waals surface area contributed by atoms with Gasteiger partial charge in [-0.15, -0.1) is 0 Å². The van der Waals surface area contributed by atoms with Gasteiger partial charge in [0.2, 0.25) is 0 Å². The lowest BCUT2D eigenvalue weighted by atomic mass is 10.1. The summed E-state index contributed by atoms with van der Waals surface area (Å²) in [4.78, 5) is 16.6. The van der Waals surface area contributed by atoms with Gasteiger partial charge in [-0.2, -0.15) is 0 Å². The Kier molecular flexibility index (Phi) is 6.00. The number of hydroxylamine groups is 2. The fourth-order valence-corrected chi connectivity index (χ4v) is 2.15. The number of nitrogens with one attached hydrogen (secondary N) is 1. The van der Waals surface area contributed by atoms with Crippen molar-refractivity contribution in [3.8, 4) is 5.75 Å². The van der Waals surface area contributed by atoms with Crippen LogP contribution in [0.25, 0.3) is 0 Å². The Bertz CT molecular complexity index is 631. The van der Waals surface area contributed by atoms with Crippen molar-refractivity contribution in [2.24, 2.45) is 0 Å². The number of anilines is 1. The van der Waals surface area contributed by atoms with E-state index in [1.54, 1.807) is 12.1 Å². The Morgan fingerprint density at radius 2 is 1.91 bits per heavy atom. The molecule has 0 spiro atoms. The highest BCUT2D eigenvalue weighted by Crippen LogP contribution is 2.20. The third-order valence-corrected chi connectivity index (χ3v) is 3.35. The van der Waals surface area contributed by atoms with Crippen LogP contribution < -0.4 is 10.1 Å². The van der Waals surface area contributed by atoms with Crippen molar-refractivity contribution in [1.82, 2.24) is 5.06 Å². The van der Waals surface area contributed by atoms with Gasteiger partial charge in [-0.25, -0.2) is 9.86 Å². The van der Waals surface area contributed by atoms with Crippen molar-refractivity contribution in [1.29, 1.82) is 0 Å². The second-order valence-corrected chi connectivity index (χ2v) is 5.26. The molecule has 0 heterocycles. The van der Waals surface area contributed by atoms with Crippen LogP contribution in [-0.2, 0) is 11.3 Å². The van der Waals surface area contributed by atoms with E-state index in [4.69, 9.17) is 9.57 Å². The molecule has 1 N–H and O–H groups in total. The topological polar surface area (TPSA) is 50.8 Å². The van der Waals surface area contributed by atoms with Crippen molar-refractivity contribution in [2.45, 2.75) is 19.4 Å².